The molecule has 0 saturated heterocycles. The molecule has 0 amide bonds. The van der Waals surface area contributed by atoms with Gasteiger partial charge in [-0.2, -0.15) is 0 Å². The molecule has 1 aliphatic rings. The molecule has 0 radical (unpaired) electrons. The second-order valence-corrected chi connectivity index (χ2v) is 6.71. The van der Waals surface area contributed by atoms with Crippen molar-refractivity contribution in [3.8, 4) is 10.6 Å². The Bertz CT molecular complexity index is 791. The maximum Gasteiger partial charge on any atom is 0.123 e. The second-order valence-electron chi connectivity index (χ2n) is 5.62. The minimum absolute atomic E-state index is 0.430. The first kappa shape index (κ1) is 13.0. The number of fused-ring (bicyclic) bond motifs is 2. The fraction of sp³-hybridized carbons (Fsp3) is 0.278. The maximum atomic E-state index is 4.94. The Morgan fingerprint density at radius 1 is 1.14 bits per heavy atom. The Kier molecular flexibility index (Phi) is 3.24. The van der Waals surface area contributed by atoms with Crippen molar-refractivity contribution in [2.45, 2.75) is 25.3 Å². The zero-order chi connectivity index (χ0) is 14.2. The van der Waals surface area contributed by atoms with Crippen LogP contribution in [0.15, 0.2) is 42.5 Å². The molecule has 2 aromatic carbocycles. The highest BCUT2D eigenvalue weighted by atomic mass is 32.1. The molecule has 1 unspecified atom stereocenters. The first-order chi connectivity index (χ1) is 10.3. The van der Waals surface area contributed by atoms with Gasteiger partial charge < -0.3 is 5.32 Å². The van der Waals surface area contributed by atoms with Gasteiger partial charge >= 0.3 is 0 Å². The average Bonchev–Trinajstić information content (AvgIpc) is 2.98. The summed E-state index contributed by atoms with van der Waals surface area (Å²) >= 11 is 1.86. The molecule has 0 spiro atoms. The molecule has 0 saturated carbocycles. The van der Waals surface area contributed by atoms with Crippen molar-refractivity contribution >= 4 is 22.1 Å². The van der Waals surface area contributed by atoms with E-state index in [1.165, 1.54) is 46.2 Å². The molecule has 21 heavy (non-hydrogen) atoms. The summed E-state index contributed by atoms with van der Waals surface area (Å²) in [5.74, 6) is 0. The number of aryl methyl sites for hydroxylation is 1. The van der Waals surface area contributed by atoms with Crippen LogP contribution in [0.1, 0.15) is 29.5 Å². The standard InChI is InChI=1S/C18H18N2S/c1-19-15-7-4-8-16-17(15)20-18(21-16)14-10-9-12-5-2-3-6-13(12)11-14/h2-3,5-6,9-11,15,19H,4,7-8H2,1H3. The fourth-order valence-corrected chi connectivity index (χ4v) is 4.31. The van der Waals surface area contributed by atoms with Crippen molar-refractivity contribution in [1.29, 1.82) is 0 Å². The number of hydrogen-bond donors (Lipinski definition) is 1. The monoisotopic (exact) mass is 294 g/mol. The second kappa shape index (κ2) is 5.24. The Hall–Kier alpha value is -1.71. The number of nitrogens with zero attached hydrogens (tertiary/aromatic N) is 1. The van der Waals surface area contributed by atoms with E-state index >= 15 is 0 Å². The Morgan fingerprint density at radius 3 is 2.86 bits per heavy atom. The van der Waals surface area contributed by atoms with Gasteiger partial charge in [-0.15, -0.1) is 11.3 Å². The van der Waals surface area contributed by atoms with Crippen molar-refractivity contribution in [1.82, 2.24) is 10.3 Å². The molecule has 4 rings (SSSR count). The van der Waals surface area contributed by atoms with E-state index in [-0.39, 0.29) is 0 Å². The summed E-state index contributed by atoms with van der Waals surface area (Å²) in [6.45, 7) is 0. The number of aromatic nitrogens is 1. The van der Waals surface area contributed by atoms with Gasteiger partial charge in [0.1, 0.15) is 5.01 Å². The first-order valence-electron chi connectivity index (χ1n) is 7.51. The summed E-state index contributed by atoms with van der Waals surface area (Å²) in [4.78, 5) is 6.40. The van der Waals surface area contributed by atoms with E-state index in [0.717, 1.165) is 5.01 Å². The van der Waals surface area contributed by atoms with Gasteiger partial charge in [0.25, 0.3) is 0 Å². The van der Waals surface area contributed by atoms with E-state index in [1.807, 2.05) is 18.4 Å². The highest BCUT2D eigenvalue weighted by molar-refractivity contribution is 7.15. The predicted molar refractivity (Wildman–Crippen MR) is 89.8 cm³/mol. The van der Waals surface area contributed by atoms with Gasteiger partial charge in [-0.05, 0) is 43.1 Å². The van der Waals surface area contributed by atoms with Crippen LogP contribution in [0.25, 0.3) is 21.3 Å². The fourth-order valence-electron chi connectivity index (χ4n) is 3.15. The van der Waals surface area contributed by atoms with Gasteiger partial charge in [0, 0.05) is 10.4 Å². The summed E-state index contributed by atoms with van der Waals surface area (Å²) in [7, 11) is 2.04. The molecule has 0 fully saturated rings. The molecule has 0 aliphatic heterocycles. The van der Waals surface area contributed by atoms with Crippen LogP contribution in [-0.2, 0) is 6.42 Å². The number of thiazole rings is 1. The van der Waals surface area contributed by atoms with Crippen LogP contribution in [0.3, 0.4) is 0 Å². The Labute approximate surface area is 128 Å². The normalized spacial score (nSPS) is 17.9. The van der Waals surface area contributed by atoms with E-state index in [9.17, 15) is 0 Å². The van der Waals surface area contributed by atoms with Crippen molar-refractivity contribution in [2.75, 3.05) is 7.05 Å². The molecule has 1 N–H and O–H groups in total. The third kappa shape index (κ3) is 2.27. The molecule has 106 valence electrons. The average molecular weight is 294 g/mol. The largest absolute Gasteiger partial charge is 0.312 e. The Morgan fingerprint density at radius 2 is 2.00 bits per heavy atom. The van der Waals surface area contributed by atoms with Gasteiger partial charge in [-0.3, -0.25) is 0 Å². The van der Waals surface area contributed by atoms with E-state index in [1.54, 1.807) is 0 Å². The van der Waals surface area contributed by atoms with Crippen LogP contribution in [0.2, 0.25) is 0 Å². The lowest BCUT2D eigenvalue weighted by molar-refractivity contribution is 0.490. The first-order valence-corrected chi connectivity index (χ1v) is 8.33. The lowest BCUT2D eigenvalue weighted by atomic mass is 9.98. The van der Waals surface area contributed by atoms with Gasteiger partial charge in [0.15, 0.2) is 0 Å². The van der Waals surface area contributed by atoms with Gasteiger partial charge in [-0.1, -0.05) is 36.4 Å². The number of rotatable bonds is 2. The maximum absolute atomic E-state index is 4.94. The van der Waals surface area contributed by atoms with Crippen molar-refractivity contribution in [3.05, 3.63) is 53.0 Å². The van der Waals surface area contributed by atoms with Crippen molar-refractivity contribution in [2.24, 2.45) is 0 Å². The summed E-state index contributed by atoms with van der Waals surface area (Å²) in [5, 5.41) is 7.13. The molecular weight excluding hydrogens is 276 g/mol. The van der Waals surface area contributed by atoms with Crippen LogP contribution < -0.4 is 5.32 Å². The minimum Gasteiger partial charge on any atom is -0.312 e. The molecular formula is C18H18N2S. The highest BCUT2D eigenvalue weighted by Gasteiger charge is 2.23. The van der Waals surface area contributed by atoms with Crippen LogP contribution in [-0.4, -0.2) is 12.0 Å². The third-order valence-corrected chi connectivity index (χ3v) is 5.48. The van der Waals surface area contributed by atoms with E-state index in [4.69, 9.17) is 4.98 Å². The topological polar surface area (TPSA) is 24.9 Å². The number of benzene rings is 2. The van der Waals surface area contributed by atoms with Gasteiger partial charge in [-0.25, -0.2) is 4.98 Å². The molecule has 1 atom stereocenters. The van der Waals surface area contributed by atoms with E-state index in [0.29, 0.717) is 6.04 Å². The van der Waals surface area contributed by atoms with Gasteiger partial charge in [0.2, 0.25) is 0 Å². The quantitative estimate of drug-likeness (QED) is 0.749. The Balaban J connectivity index is 1.80. The molecule has 3 aromatic rings. The highest BCUT2D eigenvalue weighted by Crippen LogP contribution is 2.37. The smallest absolute Gasteiger partial charge is 0.123 e. The van der Waals surface area contributed by atoms with Crippen molar-refractivity contribution < 1.29 is 0 Å². The summed E-state index contributed by atoms with van der Waals surface area (Å²) < 4.78 is 0. The zero-order valence-corrected chi connectivity index (χ0v) is 12.9. The minimum atomic E-state index is 0.430. The molecule has 1 heterocycles. The third-order valence-electron chi connectivity index (χ3n) is 4.30. The molecule has 1 aliphatic carbocycles. The van der Waals surface area contributed by atoms with E-state index in [2.05, 4.69) is 47.8 Å². The lowest BCUT2D eigenvalue weighted by Gasteiger charge is -2.19. The number of nitrogens with one attached hydrogen (secondary N) is 1. The SMILES string of the molecule is CNC1CCCc2sc(-c3ccc4ccccc4c3)nc21. The summed E-state index contributed by atoms with van der Waals surface area (Å²) in [6, 6.07) is 15.6. The summed E-state index contributed by atoms with van der Waals surface area (Å²) in [6.07, 6.45) is 3.64. The zero-order valence-electron chi connectivity index (χ0n) is 12.1. The van der Waals surface area contributed by atoms with Crippen LogP contribution in [0.4, 0.5) is 0 Å². The van der Waals surface area contributed by atoms with Crippen LogP contribution >= 0.6 is 11.3 Å². The van der Waals surface area contributed by atoms with Crippen LogP contribution in [0, 0.1) is 0 Å². The predicted octanol–water partition coefficient (Wildman–Crippen LogP) is 4.56. The molecule has 2 nitrogen and oxygen atoms in total. The number of hydrogen-bond acceptors (Lipinski definition) is 3. The molecule has 0 bridgehead atoms. The molecule has 3 heteroatoms. The lowest BCUT2D eigenvalue weighted by Crippen LogP contribution is -2.21. The van der Waals surface area contributed by atoms with Gasteiger partial charge in [0.05, 0.1) is 11.7 Å². The van der Waals surface area contributed by atoms with Crippen molar-refractivity contribution in [3.63, 3.8) is 0 Å². The molecule has 1 aromatic heterocycles. The van der Waals surface area contributed by atoms with E-state index < -0.39 is 0 Å². The van der Waals surface area contributed by atoms with Crippen LogP contribution in [0.5, 0.6) is 0 Å². The summed E-state index contributed by atoms with van der Waals surface area (Å²) in [5.41, 5.74) is 2.51.